The molecule has 0 radical (unpaired) electrons. The highest BCUT2D eigenvalue weighted by molar-refractivity contribution is 5.96. The molecule has 2 aromatic carbocycles. The number of hydrogen-bond acceptors (Lipinski definition) is 5. The number of ketones is 1. The Balaban J connectivity index is 1.54. The third kappa shape index (κ3) is 5.28. The Labute approximate surface area is 194 Å². The summed E-state index contributed by atoms with van der Waals surface area (Å²) in [6.07, 6.45) is 4.01. The molecule has 0 aliphatic carbocycles. The van der Waals surface area contributed by atoms with Crippen molar-refractivity contribution >= 4 is 17.4 Å². The number of likely N-dealkylation sites (tertiary alicyclic amines) is 1. The van der Waals surface area contributed by atoms with E-state index in [4.69, 9.17) is 14.6 Å². The zero-order valence-electron chi connectivity index (χ0n) is 19.5. The van der Waals surface area contributed by atoms with Crippen molar-refractivity contribution in [1.29, 1.82) is 0 Å². The van der Waals surface area contributed by atoms with Crippen molar-refractivity contribution in [3.8, 4) is 5.75 Å². The number of aliphatic hydroxyl groups is 1. The lowest BCUT2D eigenvalue weighted by molar-refractivity contribution is -0.00122. The number of para-hydroxylation sites is 1. The number of carbonyl (C=O) groups is 2. The highest BCUT2D eigenvalue weighted by Crippen LogP contribution is 2.42. The molecule has 0 unspecified atom stereocenters. The van der Waals surface area contributed by atoms with Crippen LogP contribution in [0.2, 0.25) is 0 Å². The summed E-state index contributed by atoms with van der Waals surface area (Å²) >= 11 is 0. The van der Waals surface area contributed by atoms with Gasteiger partial charge >= 0.3 is 6.09 Å². The molecule has 4 rings (SSSR count). The van der Waals surface area contributed by atoms with Crippen molar-refractivity contribution in [1.82, 2.24) is 4.90 Å². The second kappa shape index (κ2) is 9.02. The SMILES string of the molecule is CC(C)(C)OC(=O)N1CCC2(C=C(Cc3ccc(C(=O)CO)cc3)c3ccccc3O2)CC1. The van der Waals surface area contributed by atoms with Crippen LogP contribution in [0.3, 0.4) is 0 Å². The molecule has 6 heteroatoms. The first-order chi connectivity index (χ1) is 15.7. The Kier molecular flexibility index (Phi) is 6.30. The van der Waals surface area contributed by atoms with Gasteiger partial charge in [-0.25, -0.2) is 4.79 Å². The second-order valence-corrected chi connectivity index (χ2v) is 9.75. The van der Waals surface area contributed by atoms with Crippen LogP contribution in [0.1, 0.15) is 55.1 Å². The molecule has 0 bridgehead atoms. The number of benzene rings is 2. The number of ether oxygens (including phenoxy) is 2. The smallest absolute Gasteiger partial charge is 0.410 e. The zero-order chi connectivity index (χ0) is 23.6. The normalized spacial score (nSPS) is 17.1. The van der Waals surface area contributed by atoms with E-state index in [1.165, 1.54) is 5.57 Å². The van der Waals surface area contributed by atoms with Crippen molar-refractivity contribution in [3.05, 3.63) is 71.3 Å². The number of allylic oxidation sites excluding steroid dienone is 1. The Morgan fingerprint density at radius 1 is 1.06 bits per heavy atom. The number of piperidine rings is 1. The molecular formula is C27H31NO5. The minimum atomic E-state index is -0.517. The van der Waals surface area contributed by atoms with E-state index in [9.17, 15) is 9.59 Å². The van der Waals surface area contributed by atoms with Gasteiger partial charge in [0.05, 0.1) is 0 Å². The second-order valence-electron chi connectivity index (χ2n) is 9.75. The van der Waals surface area contributed by atoms with Crippen LogP contribution in [0.25, 0.3) is 5.57 Å². The van der Waals surface area contributed by atoms with Gasteiger partial charge in [0.1, 0.15) is 23.6 Å². The van der Waals surface area contributed by atoms with Gasteiger partial charge in [-0.15, -0.1) is 0 Å². The maximum atomic E-state index is 12.5. The Morgan fingerprint density at radius 3 is 2.36 bits per heavy atom. The van der Waals surface area contributed by atoms with E-state index in [-0.39, 0.29) is 11.9 Å². The van der Waals surface area contributed by atoms with Crippen molar-refractivity contribution in [3.63, 3.8) is 0 Å². The average molecular weight is 450 g/mol. The summed E-state index contributed by atoms with van der Waals surface area (Å²) in [5.41, 5.74) is 2.84. The van der Waals surface area contributed by atoms with Crippen molar-refractivity contribution < 1.29 is 24.2 Å². The number of fused-ring (bicyclic) bond motifs is 1. The Hall–Kier alpha value is -3.12. The predicted molar refractivity (Wildman–Crippen MR) is 126 cm³/mol. The van der Waals surface area contributed by atoms with E-state index in [0.29, 0.717) is 37.9 Å². The largest absolute Gasteiger partial charge is 0.482 e. The first kappa shape index (κ1) is 23.1. The molecule has 1 spiro atoms. The molecule has 0 saturated carbocycles. The van der Waals surface area contributed by atoms with Gasteiger partial charge < -0.3 is 19.5 Å². The average Bonchev–Trinajstić information content (AvgIpc) is 2.78. The number of rotatable bonds is 4. The minimum absolute atomic E-state index is 0.282. The molecule has 1 fully saturated rings. The molecule has 2 aromatic rings. The molecule has 0 atom stereocenters. The van der Waals surface area contributed by atoms with Crippen molar-refractivity contribution in [2.45, 2.75) is 51.2 Å². The summed E-state index contributed by atoms with van der Waals surface area (Å²) in [5, 5.41) is 9.07. The van der Waals surface area contributed by atoms with Gasteiger partial charge in [-0.3, -0.25) is 4.79 Å². The number of Topliss-reactive ketones (excluding diaryl/α,β-unsaturated/α-hetero) is 1. The molecular weight excluding hydrogens is 418 g/mol. The molecule has 2 aliphatic rings. The lowest BCUT2D eigenvalue weighted by Gasteiger charge is -2.43. The molecule has 1 N–H and O–H groups in total. The van der Waals surface area contributed by atoms with Crippen LogP contribution in [-0.4, -0.2) is 52.8 Å². The van der Waals surface area contributed by atoms with E-state index in [1.807, 2.05) is 51.1 Å². The van der Waals surface area contributed by atoms with E-state index in [2.05, 4.69) is 12.1 Å². The molecule has 2 heterocycles. The van der Waals surface area contributed by atoms with Crippen molar-refractivity contribution in [2.24, 2.45) is 0 Å². The number of amides is 1. The first-order valence-electron chi connectivity index (χ1n) is 11.4. The fourth-order valence-electron chi connectivity index (χ4n) is 4.37. The van der Waals surface area contributed by atoms with Crippen LogP contribution in [-0.2, 0) is 11.2 Å². The molecule has 1 amide bonds. The molecule has 174 valence electrons. The van der Waals surface area contributed by atoms with Crippen molar-refractivity contribution in [2.75, 3.05) is 19.7 Å². The van der Waals surface area contributed by atoms with Crippen LogP contribution in [0.4, 0.5) is 4.79 Å². The maximum Gasteiger partial charge on any atom is 0.410 e. The number of aliphatic hydroxyl groups excluding tert-OH is 1. The van der Waals surface area contributed by atoms with E-state index < -0.39 is 17.8 Å². The topological polar surface area (TPSA) is 76.1 Å². The minimum Gasteiger partial charge on any atom is -0.482 e. The summed E-state index contributed by atoms with van der Waals surface area (Å²) in [4.78, 5) is 26.0. The van der Waals surface area contributed by atoms with E-state index in [0.717, 1.165) is 16.9 Å². The van der Waals surface area contributed by atoms with Gasteiger partial charge in [-0.2, -0.15) is 0 Å². The Bertz CT molecular complexity index is 1060. The summed E-state index contributed by atoms with van der Waals surface area (Å²) in [6.45, 7) is 6.27. The first-order valence-corrected chi connectivity index (χ1v) is 11.4. The zero-order valence-corrected chi connectivity index (χ0v) is 19.5. The van der Waals surface area contributed by atoms with Gasteiger partial charge in [-0.1, -0.05) is 42.5 Å². The van der Waals surface area contributed by atoms with Gasteiger partial charge in [-0.05, 0) is 50.5 Å². The number of carbonyl (C=O) groups excluding carboxylic acids is 2. The van der Waals surface area contributed by atoms with Crippen LogP contribution >= 0.6 is 0 Å². The van der Waals surface area contributed by atoms with Crippen LogP contribution in [0.5, 0.6) is 5.75 Å². The fourth-order valence-corrected chi connectivity index (χ4v) is 4.37. The van der Waals surface area contributed by atoms with Crippen LogP contribution < -0.4 is 4.74 Å². The number of nitrogens with zero attached hydrogens (tertiary/aromatic N) is 1. The molecule has 1 saturated heterocycles. The lowest BCUT2D eigenvalue weighted by Crippen LogP contribution is -2.50. The Morgan fingerprint density at radius 2 is 1.73 bits per heavy atom. The fraction of sp³-hybridized carbons (Fsp3) is 0.407. The predicted octanol–water partition coefficient (Wildman–Crippen LogP) is 4.65. The molecule has 0 aromatic heterocycles. The van der Waals surface area contributed by atoms with Gasteiger partial charge in [0.25, 0.3) is 0 Å². The number of hydrogen-bond donors (Lipinski definition) is 1. The maximum absolute atomic E-state index is 12.5. The molecule has 2 aliphatic heterocycles. The summed E-state index contributed by atoms with van der Waals surface area (Å²) in [6, 6.07) is 15.4. The van der Waals surface area contributed by atoms with Gasteiger partial charge in [0.15, 0.2) is 5.78 Å². The lowest BCUT2D eigenvalue weighted by atomic mass is 9.83. The standard InChI is InChI=1S/C27H31NO5/c1-26(2,3)33-25(31)28-14-12-27(13-15-28)17-21(22-6-4-5-7-24(22)32-27)16-19-8-10-20(11-9-19)23(30)18-29/h4-11,17,29H,12-16,18H2,1-3H3. The highest BCUT2D eigenvalue weighted by Gasteiger charge is 2.40. The third-order valence-corrected chi connectivity index (χ3v) is 6.06. The van der Waals surface area contributed by atoms with E-state index in [1.54, 1.807) is 17.0 Å². The summed E-state index contributed by atoms with van der Waals surface area (Å²) in [7, 11) is 0. The third-order valence-electron chi connectivity index (χ3n) is 6.06. The van der Waals surface area contributed by atoms with Crippen LogP contribution in [0, 0.1) is 0 Å². The van der Waals surface area contributed by atoms with E-state index >= 15 is 0 Å². The van der Waals surface area contributed by atoms with Crippen LogP contribution in [0.15, 0.2) is 54.6 Å². The summed E-state index contributed by atoms with van der Waals surface area (Å²) in [5.74, 6) is 0.570. The van der Waals surface area contributed by atoms with Gasteiger partial charge in [0.2, 0.25) is 0 Å². The van der Waals surface area contributed by atoms with Gasteiger partial charge in [0, 0.05) is 37.1 Å². The monoisotopic (exact) mass is 449 g/mol. The quantitative estimate of drug-likeness (QED) is 0.688. The highest BCUT2D eigenvalue weighted by atomic mass is 16.6. The summed E-state index contributed by atoms with van der Waals surface area (Å²) < 4.78 is 12.0. The molecule has 33 heavy (non-hydrogen) atoms. The molecule has 6 nitrogen and oxygen atoms in total.